The molecule has 4 nitrogen and oxygen atoms in total. The van der Waals surface area contributed by atoms with E-state index in [0.29, 0.717) is 0 Å². The summed E-state index contributed by atoms with van der Waals surface area (Å²) in [5.74, 6) is -1.86. The van der Waals surface area contributed by atoms with Crippen LogP contribution < -0.4 is 10.8 Å². The topological polar surface area (TPSA) is 50.4 Å². The Kier molecular flexibility index (Phi) is 3.56. The summed E-state index contributed by atoms with van der Waals surface area (Å²) in [4.78, 5) is 15.4. The van der Waals surface area contributed by atoms with E-state index in [2.05, 4.69) is 10.8 Å². The molecule has 7 heteroatoms. The number of carbonyl (C=O) groups is 1. The molecule has 1 aliphatic heterocycles. The van der Waals surface area contributed by atoms with Crippen LogP contribution in [0.25, 0.3) is 0 Å². The van der Waals surface area contributed by atoms with E-state index in [0.717, 1.165) is 6.92 Å². The van der Waals surface area contributed by atoms with Crippen LogP contribution in [0, 0.1) is 5.92 Å². The summed E-state index contributed by atoms with van der Waals surface area (Å²) in [5.41, 5.74) is 2.36. The zero-order chi connectivity index (χ0) is 11.6. The first-order valence-electron chi connectivity index (χ1n) is 4.55. The third-order valence-corrected chi connectivity index (χ3v) is 2.28. The van der Waals surface area contributed by atoms with Gasteiger partial charge in [0.2, 0.25) is 5.91 Å². The molecule has 88 valence electrons. The van der Waals surface area contributed by atoms with E-state index >= 15 is 0 Å². The highest BCUT2D eigenvalue weighted by atomic mass is 19.4. The lowest BCUT2D eigenvalue weighted by molar-refractivity contribution is -0.201. The number of hydroxylamine groups is 1. The fraction of sp³-hybridized carbons (Fsp3) is 0.875. The number of nitrogens with one attached hydrogen (secondary N) is 2. The highest BCUT2D eigenvalue weighted by molar-refractivity contribution is 5.73. The molecule has 1 saturated heterocycles. The largest absolute Gasteiger partial charge is 0.394 e. The quantitative estimate of drug-likeness (QED) is 0.736. The van der Waals surface area contributed by atoms with E-state index in [1.54, 1.807) is 0 Å². The van der Waals surface area contributed by atoms with E-state index in [9.17, 15) is 18.0 Å². The van der Waals surface area contributed by atoms with Crippen LogP contribution in [0.3, 0.4) is 0 Å². The highest BCUT2D eigenvalue weighted by Gasteiger charge is 2.45. The Morgan fingerprint density at radius 1 is 1.60 bits per heavy atom. The molecule has 1 aliphatic rings. The lowest BCUT2D eigenvalue weighted by atomic mass is 10.0. The van der Waals surface area contributed by atoms with E-state index in [1.807, 2.05) is 0 Å². The first-order valence-corrected chi connectivity index (χ1v) is 4.55. The summed E-state index contributed by atoms with van der Waals surface area (Å²) in [6.07, 6.45) is -5.67. The molecule has 15 heavy (non-hydrogen) atoms. The normalized spacial score (nSPS) is 28.9. The van der Waals surface area contributed by atoms with Crippen LogP contribution >= 0.6 is 0 Å². The Bertz CT molecular complexity index is 245. The fourth-order valence-electron chi connectivity index (χ4n) is 1.35. The van der Waals surface area contributed by atoms with Gasteiger partial charge in [-0.25, -0.2) is 0 Å². The van der Waals surface area contributed by atoms with Gasteiger partial charge in [0, 0.05) is 13.3 Å². The van der Waals surface area contributed by atoms with Crippen LogP contribution in [0.15, 0.2) is 0 Å². The number of hydrogen-bond acceptors (Lipinski definition) is 3. The van der Waals surface area contributed by atoms with Crippen molar-refractivity contribution in [3.8, 4) is 0 Å². The smallest absolute Gasteiger partial charge is 0.339 e. The van der Waals surface area contributed by atoms with Crippen molar-refractivity contribution in [1.82, 2.24) is 10.8 Å². The standard InChI is InChI=1S/C8H13F3N2O2/c1-4(8(9,10)11)6-3-7(13-15-6)12-5(2)14/h4,6-7,13H,3H2,1-2H3,(H,12,14)/t4-,6?,7?/m0/s1. The molecule has 1 fully saturated rings. The van der Waals surface area contributed by atoms with Crippen molar-refractivity contribution in [3.05, 3.63) is 0 Å². The summed E-state index contributed by atoms with van der Waals surface area (Å²) in [7, 11) is 0. The number of rotatable bonds is 2. The number of halogens is 3. The molecular formula is C8H13F3N2O2. The molecule has 0 aromatic rings. The highest BCUT2D eigenvalue weighted by Crippen LogP contribution is 2.32. The van der Waals surface area contributed by atoms with Crippen molar-refractivity contribution >= 4 is 5.91 Å². The van der Waals surface area contributed by atoms with Crippen LogP contribution in [-0.4, -0.2) is 24.4 Å². The molecule has 1 rings (SSSR count). The van der Waals surface area contributed by atoms with E-state index in [-0.39, 0.29) is 12.3 Å². The second-order valence-corrected chi connectivity index (χ2v) is 3.59. The van der Waals surface area contributed by atoms with Gasteiger partial charge in [-0.15, -0.1) is 0 Å². The van der Waals surface area contributed by atoms with Crippen molar-refractivity contribution in [2.24, 2.45) is 5.92 Å². The van der Waals surface area contributed by atoms with Crippen molar-refractivity contribution < 1.29 is 22.8 Å². The zero-order valence-electron chi connectivity index (χ0n) is 8.39. The third-order valence-electron chi connectivity index (χ3n) is 2.28. The van der Waals surface area contributed by atoms with Gasteiger partial charge >= 0.3 is 6.18 Å². The van der Waals surface area contributed by atoms with E-state index in [4.69, 9.17) is 4.84 Å². The average molecular weight is 226 g/mol. The SMILES string of the molecule is CC(=O)NC1CC([C@H](C)C(F)(F)F)ON1. The maximum Gasteiger partial charge on any atom is 0.394 e. The minimum absolute atomic E-state index is 0.111. The number of carbonyl (C=O) groups excluding carboxylic acids is 1. The molecule has 0 aromatic heterocycles. The lowest BCUT2D eigenvalue weighted by Gasteiger charge is -2.20. The summed E-state index contributed by atoms with van der Waals surface area (Å²) >= 11 is 0. The van der Waals surface area contributed by atoms with Gasteiger partial charge < -0.3 is 5.32 Å². The monoisotopic (exact) mass is 226 g/mol. The minimum Gasteiger partial charge on any atom is -0.339 e. The van der Waals surface area contributed by atoms with Crippen LogP contribution in [0.4, 0.5) is 13.2 Å². The Labute approximate surface area is 85.1 Å². The molecule has 0 radical (unpaired) electrons. The van der Waals surface area contributed by atoms with Crippen molar-refractivity contribution in [1.29, 1.82) is 0 Å². The van der Waals surface area contributed by atoms with Gasteiger partial charge in [0.25, 0.3) is 0 Å². The summed E-state index contributed by atoms with van der Waals surface area (Å²) in [5, 5.41) is 2.44. The second kappa shape index (κ2) is 4.36. The molecule has 3 atom stereocenters. The summed E-state index contributed by atoms with van der Waals surface area (Å²) < 4.78 is 36.9. The molecule has 0 aliphatic carbocycles. The van der Waals surface area contributed by atoms with Gasteiger partial charge in [0.15, 0.2) is 0 Å². The summed E-state index contributed by atoms with van der Waals surface area (Å²) in [6, 6.07) is 0. The van der Waals surface area contributed by atoms with Gasteiger partial charge in [-0.3, -0.25) is 9.63 Å². The molecular weight excluding hydrogens is 213 g/mol. The minimum atomic E-state index is -4.28. The van der Waals surface area contributed by atoms with Gasteiger partial charge in [-0.05, 0) is 0 Å². The predicted octanol–water partition coefficient (Wildman–Crippen LogP) is 0.941. The average Bonchev–Trinajstić information content (AvgIpc) is 2.48. The first kappa shape index (κ1) is 12.3. The zero-order valence-corrected chi connectivity index (χ0v) is 8.39. The van der Waals surface area contributed by atoms with Gasteiger partial charge in [0.05, 0.1) is 12.0 Å². The Hall–Kier alpha value is -0.820. The van der Waals surface area contributed by atoms with E-state index < -0.39 is 24.4 Å². The van der Waals surface area contributed by atoms with Crippen LogP contribution in [0.1, 0.15) is 20.3 Å². The Morgan fingerprint density at radius 3 is 2.67 bits per heavy atom. The number of hydrogen-bond donors (Lipinski definition) is 2. The van der Waals surface area contributed by atoms with E-state index in [1.165, 1.54) is 6.92 Å². The van der Waals surface area contributed by atoms with Crippen LogP contribution in [0.2, 0.25) is 0 Å². The second-order valence-electron chi connectivity index (χ2n) is 3.59. The van der Waals surface area contributed by atoms with Gasteiger partial charge in [-0.2, -0.15) is 18.7 Å². The van der Waals surface area contributed by atoms with Crippen molar-refractivity contribution in [2.75, 3.05) is 0 Å². The Morgan fingerprint density at radius 2 is 2.20 bits per heavy atom. The first-order chi connectivity index (χ1) is 6.80. The van der Waals surface area contributed by atoms with Crippen LogP contribution in [0.5, 0.6) is 0 Å². The fourth-order valence-corrected chi connectivity index (χ4v) is 1.35. The lowest BCUT2D eigenvalue weighted by Crippen LogP contribution is -2.39. The van der Waals surface area contributed by atoms with Crippen molar-refractivity contribution in [2.45, 2.75) is 38.7 Å². The molecule has 2 unspecified atom stereocenters. The molecule has 0 aromatic carbocycles. The van der Waals surface area contributed by atoms with Gasteiger partial charge in [0.1, 0.15) is 6.17 Å². The third kappa shape index (κ3) is 3.35. The van der Waals surface area contributed by atoms with Gasteiger partial charge in [-0.1, -0.05) is 6.92 Å². The predicted molar refractivity (Wildman–Crippen MR) is 45.4 cm³/mol. The molecule has 1 amide bonds. The maximum absolute atomic E-state index is 12.3. The molecule has 0 saturated carbocycles. The maximum atomic E-state index is 12.3. The molecule has 0 spiro atoms. The van der Waals surface area contributed by atoms with Crippen LogP contribution in [-0.2, 0) is 9.63 Å². The van der Waals surface area contributed by atoms with Crippen molar-refractivity contribution in [3.63, 3.8) is 0 Å². The molecule has 1 heterocycles. The number of amides is 1. The number of alkyl halides is 3. The molecule has 0 bridgehead atoms. The Balaban J connectivity index is 2.46. The molecule has 2 N–H and O–H groups in total. The summed E-state index contributed by atoms with van der Waals surface area (Å²) in [6.45, 7) is 2.35.